The maximum Gasteiger partial charge on any atom is 0.243 e. The molecule has 0 bridgehead atoms. The molecule has 0 unspecified atom stereocenters. The van der Waals surface area contributed by atoms with E-state index in [4.69, 9.17) is 9.47 Å². The Morgan fingerprint density at radius 3 is 2.38 bits per heavy atom. The first-order valence-corrected chi connectivity index (χ1v) is 12.2. The molecule has 1 aliphatic rings. The third-order valence-electron chi connectivity index (χ3n) is 5.86. The van der Waals surface area contributed by atoms with Gasteiger partial charge in [-0.1, -0.05) is 42.5 Å². The van der Waals surface area contributed by atoms with E-state index in [-0.39, 0.29) is 6.54 Å². The molecule has 0 spiro atoms. The van der Waals surface area contributed by atoms with E-state index in [0.717, 1.165) is 39.1 Å². The van der Waals surface area contributed by atoms with E-state index in [1.54, 1.807) is 6.07 Å². The summed E-state index contributed by atoms with van der Waals surface area (Å²) in [6.07, 6.45) is 0. The summed E-state index contributed by atoms with van der Waals surface area (Å²) in [5.74, 6) is 0.728. The Morgan fingerprint density at radius 2 is 1.59 bits per heavy atom. The number of rotatable bonds is 6. The van der Waals surface area contributed by atoms with Gasteiger partial charge in [0.05, 0.1) is 18.1 Å². The Kier molecular flexibility index (Phi) is 6.65. The largest absolute Gasteiger partial charge is 0.492 e. The summed E-state index contributed by atoms with van der Waals surface area (Å²) in [5, 5.41) is 0. The van der Waals surface area contributed by atoms with Crippen molar-refractivity contribution in [2.75, 3.05) is 13.2 Å². The van der Waals surface area contributed by atoms with Crippen molar-refractivity contribution in [2.24, 2.45) is 0 Å². The fraction of sp³-hybridized carbons (Fsp3) is 0.308. The van der Waals surface area contributed by atoms with Gasteiger partial charge in [0.15, 0.2) is 0 Å². The molecule has 0 atom stereocenters. The number of aryl methyl sites for hydroxylation is 3. The molecule has 1 heterocycles. The van der Waals surface area contributed by atoms with E-state index in [1.807, 2.05) is 75.4 Å². The minimum Gasteiger partial charge on any atom is -0.492 e. The topological polar surface area (TPSA) is 55.8 Å². The van der Waals surface area contributed by atoms with Crippen LogP contribution in [0.3, 0.4) is 0 Å². The summed E-state index contributed by atoms with van der Waals surface area (Å²) >= 11 is 0. The summed E-state index contributed by atoms with van der Waals surface area (Å²) in [4.78, 5) is 0.367. The van der Waals surface area contributed by atoms with Crippen LogP contribution in [-0.2, 0) is 34.5 Å². The highest BCUT2D eigenvalue weighted by atomic mass is 32.2. The van der Waals surface area contributed by atoms with Gasteiger partial charge in [0.1, 0.15) is 12.4 Å². The number of ether oxygens (including phenoxy) is 2. The first-order chi connectivity index (χ1) is 15.3. The molecule has 0 saturated heterocycles. The van der Waals surface area contributed by atoms with E-state index in [0.29, 0.717) is 31.3 Å². The second kappa shape index (κ2) is 9.45. The molecule has 0 fully saturated rings. The minimum atomic E-state index is -3.64. The maximum atomic E-state index is 13.5. The fourth-order valence-corrected chi connectivity index (χ4v) is 5.62. The molecule has 5 nitrogen and oxygen atoms in total. The number of sulfonamides is 1. The van der Waals surface area contributed by atoms with Gasteiger partial charge in [0.25, 0.3) is 0 Å². The van der Waals surface area contributed by atoms with Crippen LogP contribution in [0.25, 0.3) is 0 Å². The highest BCUT2D eigenvalue weighted by Crippen LogP contribution is 2.30. The van der Waals surface area contributed by atoms with Crippen molar-refractivity contribution < 1.29 is 17.9 Å². The van der Waals surface area contributed by atoms with Crippen molar-refractivity contribution in [2.45, 2.75) is 45.4 Å². The lowest BCUT2D eigenvalue weighted by atomic mass is 10.1. The molecular formula is C26H29NO4S. The lowest BCUT2D eigenvalue weighted by Crippen LogP contribution is -2.33. The number of hydrogen-bond acceptors (Lipinski definition) is 4. The van der Waals surface area contributed by atoms with Crippen LogP contribution in [0, 0.1) is 20.8 Å². The lowest BCUT2D eigenvalue weighted by molar-refractivity contribution is 0.107. The van der Waals surface area contributed by atoms with Crippen LogP contribution in [0.5, 0.6) is 5.75 Å². The molecule has 0 saturated carbocycles. The molecule has 0 radical (unpaired) electrons. The number of nitrogens with zero attached hydrogens (tertiary/aromatic N) is 1. The zero-order chi connectivity index (χ0) is 22.7. The molecule has 3 aromatic carbocycles. The van der Waals surface area contributed by atoms with Gasteiger partial charge in [-0.3, -0.25) is 0 Å². The Morgan fingerprint density at radius 1 is 0.875 bits per heavy atom. The summed E-state index contributed by atoms with van der Waals surface area (Å²) < 4.78 is 40.2. The van der Waals surface area contributed by atoms with E-state index in [2.05, 4.69) is 0 Å². The van der Waals surface area contributed by atoms with Gasteiger partial charge in [-0.25, -0.2) is 8.42 Å². The van der Waals surface area contributed by atoms with Crippen LogP contribution in [0.1, 0.15) is 33.4 Å². The minimum absolute atomic E-state index is 0.274. The molecule has 6 heteroatoms. The van der Waals surface area contributed by atoms with E-state index in [9.17, 15) is 8.42 Å². The number of hydrogen-bond donors (Lipinski definition) is 0. The van der Waals surface area contributed by atoms with Gasteiger partial charge >= 0.3 is 0 Å². The smallest absolute Gasteiger partial charge is 0.243 e. The predicted octanol–water partition coefficient (Wildman–Crippen LogP) is 4.91. The Hall–Kier alpha value is -2.67. The van der Waals surface area contributed by atoms with Crippen molar-refractivity contribution in [1.82, 2.24) is 4.31 Å². The Labute approximate surface area is 190 Å². The van der Waals surface area contributed by atoms with Crippen molar-refractivity contribution in [3.8, 4) is 5.75 Å². The van der Waals surface area contributed by atoms with Gasteiger partial charge < -0.3 is 9.47 Å². The number of benzene rings is 3. The van der Waals surface area contributed by atoms with Crippen molar-refractivity contribution in [3.63, 3.8) is 0 Å². The molecular weight excluding hydrogens is 422 g/mol. The normalized spacial score (nSPS) is 14.5. The monoisotopic (exact) mass is 451 g/mol. The van der Waals surface area contributed by atoms with Gasteiger partial charge in [-0.05, 0) is 66.8 Å². The third-order valence-corrected chi connectivity index (χ3v) is 7.85. The second-order valence-electron chi connectivity index (χ2n) is 8.31. The molecule has 0 aliphatic carbocycles. The van der Waals surface area contributed by atoms with Crippen LogP contribution in [0.2, 0.25) is 0 Å². The van der Waals surface area contributed by atoms with E-state index < -0.39 is 10.0 Å². The van der Waals surface area contributed by atoms with Gasteiger partial charge in [-0.2, -0.15) is 4.31 Å². The summed E-state index contributed by atoms with van der Waals surface area (Å²) in [7, 11) is -3.64. The highest BCUT2D eigenvalue weighted by Gasteiger charge is 2.29. The average molecular weight is 452 g/mol. The van der Waals surface area contributed by atoms with Gasteiger partial charge in [0, 0.05) is 18.7 Å². The summed E-state index contributed by atoms with van der Waals surface area (Å²) in [6.45, 7) is 7.67. The Balaban J connectivity index is 1.53. The Bertz CT molecular complexity index is 1210. The van der Waals surface area contributed by atoms with Crippen LogP contribution < -0.4 is 4.74 Å². The zero-order valence-electron chi connectivity index (χ0n) is 18.8. The van der Waals surface area contributed by atoms with Gasteiger partial charge in [-0.15, -0.1) is 0 Å². The molecule has 4 rings (SSSR count). The molecule has 168 valence electrons. The first-order valence-electron chi connectivity index (χ1n) is 10.8. The van der Waals surface area contributed by atoms with E-state index >= 15 is 0 Å². The molecule has 32 heavy (non-hydrogen) atoms. The zero-order valence-corrected chi connectivity index (χ0v) is 19.6. The standard InChI is InChI=1S/C26H29NO4S/c1-19-13-21(3)26(14-20(19)2)32(28,29)27-11-12-31-25-10-9-23(15-24(25)16-27)18-30-17-22-7-5-4-6-8-22/h4-10,13-15H,11-12,16-18H2,1-3H3. The van der Waals surface area contributed by atoms with Gasteiger partial charge in [0.2, 0.25) is 10.0 Å². The maximum absolute atomic E-state index is 13.5. The van der Waals surface area contributed by atoms with Crippen LogP contribution in [0.15, 0.2) is 65.6 Å². The second-order valence-corrected chi connectivity index (χ2v) is 10.2. The molecule has 0 amide bonds. The molecule has 1 aliphatic heterocycles. The molecule has 0 N–H and O–H groups in total. The molecule has 3 aromatic rings. The van der Waals surface area contributed by atoms with Crippen molar-refractivity contribution in [1.29, 1.82) is 0 Å². The average Bonchev–Trinajstić information content (AvgIpc) is 2.99. The lowest BCUT2D eigenvalue weighted by Gasteiger charge is -2.21. The quantitative estimate of drug-likeness (QED) is 0.534. The van der Waals surface area contributed by atoms with Crippen LogP contribution in [0.4, 0.5) is 0 Å². The number of fused-ring (bicyclic) bond motifs is 1. The van der Waals surface area contributed by atoms with Crippen molar-refractivity contribution >= 4 is 10.0 Å². The summed E-state index contributed by atoms with van der Waals surface area (Å²) in [5.41, 5.74) is 5.79. The summed E-state index contributed by atoms with van der Waals surface area (Å²) in [6, 6.07) is 19.6. The molecule has 0 aromatic heterocycles. The SMILES string of the molecule is Cc1cc(C)c(S(=O)(=O)N2CCOc3ccc(COCc4ccccc4)cc3C2)cc1C. The van der Waals surface area contributed by atoms with Crippen molar-refractivity contribution in [3.05, 3.63) is 94.0 Å². The van der Waals surface area contributed by atoms with Crippen LogP contribution in [-0.4, -0.2) is 25.9 Å². The highest BCUT2D eigenvalue weighted by molar-refractivity contribution is 7.89. The third kappa shape index (κ3) is 4.88. The van der Waals surface area contributed by atoms with Crippen LogP contribution >= 0.6 is 0 Å². The fourth-order valence-electron chi connectivity index (χ4n) is 3.93. The van der Waals surface area contributed by atoms with E-state index in [1.165, 1.54) is 4.31 Å². The predicted molar refractivity (Wildman–Crippen MR) is 125 cm³/mol. The first kappa shape index (κ1) is 22.5.